The molecule has 2 aromatic rings. The van der Waals surface area contributed by atoms with Gasteiger partial charge in [0.05, 0.1) is 9.83 Å². The third-order valence-electron chi connectivity index (χ3n) is 4.14. The number of carbonyl (C=O) groups excluding carboxylic acids is 1. The molecule has 29 heavy (non-hydrogen) atoms. The number of aliphatic carboxylic acids is 1. The molecule has 1 N–H and O–H groups in total. The Balaban J connectivity index is 1.70. The number of carboxylic acids is 1. The predicted molar refractivity (Wildman–Crippen MR) is 118 cm³/mol. The van der Waals surface area contributed by atoms with E-state index >= 15 is 0 Å². The molecule has 0 bridgehead atoms. The van der Waals surface area contributed by atoms with Crippen molar-refractivity contribution in [3.63, 3.8) is 0 Å². The van der Waals surface area contributed by atoms with Crippen LogP contribution in [0, 0.1) is 10.1 Å². The highest BCUT2D eigenvalue weighted by molar-refractivity contribution is 8.26. The minimum Gasteiger partial charge on any atom is -0.481 e. The van der Waals surface area contributed by atoms with Gasteiger partial charge in [-0.1, -0.05) is 36.1 Å². The Hall–Kier alpha value is -2.56. The summed E-state index contributed by atoms with van der Waals surface area (Å²) in [6, 6.07) is 10.1. The Kier molecular flexibility index (Phi) is 6.78. The van der Waals surface area contributed by atoms with Crippen LogP contribution in [0.15, 0.2) is 41.3 Å². The van der Waals surface area contributed by atoms with Gasteiger partial charge in [-0.3, -0.25) is 24.6 Å². The summed E-state index contributed by atoms with van der Waals surface area (Å²) in [5.74, 6) is -1.03. The first-order chi connectivity index (χ1) is 13.8. The molecule has 1 aliphatic heterocycles. The lowest BCUT2D eigenvalue weighted by Crippen LogP contribution is -2.29. The molecule has 0 spiro atoms. The minimum absolute atomic E-state index is 0.0289. The average molecular weight is 449 g/mol. The van der Waals surface area contributed by atoms with Crippen LogP contribution in [-0.2, 0) is 9.59 Å². The van der Waals surface area contributed by atoms with E-state index in [4.69, 9.17) is 17.3 Å². The Bertz CT molecular complexity index is 1010. The van der Waals surface area contributed by atoms with Gasteiger partial charge in [0.2, 0.25) is 0 Å². The molecule has 0 unspecified atom stereocenters. The van der Waals surface area contributed by atoms with Gasteiger partial charge in [-0.25, -0.2) is 0 Å². The van der Waals surface area contributed by atoms with Gasteiger partial charge in [-0.2, -0.15) is 0 Å². The van der Waals surface area contributed by atoms with E-state index < -0.39 is 10.9 Å². The second-order valence-electron chi connectivity index (χ2n) is 6.19. The van der Waals surface area contributed by atoms with E-state index in [2.05, 4.69) is 0 Å². The van der Waals surface area contributed by atoms with Gasteiger partial charge in [0.1, 0.15) is 4.32 Å². The fourth-order valence-electron chi connectivity index (χ4n) is 2.73. The van der Waals surface area contributed by atoms with E-state index in [9.17, 15) is 19.7 Å². The molecule has 10 heteroatoms. The van der Waals surface area contributed by atoms with Crippen molar-refractivity contribution in [1.29, 1.82) is 0 Å². The molecule has 150 valence electrons. The SMILES string of the molecule is O=C(O)CCCCN1C(=O)/C(=C\c2ccc(-c3cccc([N+](=O)[O-])c3)s2)SC1=S. The Morgan fingerprint density at radius 2 is 2.07 bits per heavy atom. The van der Waals surface area contributed by atoms with Crippen LogP contribution < -0.4 is 0 Å². The van der Waals surface area contributed by atoms with Gasteiger partial charge in [-0.05, 0) is 36.6 Å². The Labute approximate surface area is 180 Å². The molecule has 2 heterocycles. The monoisotopic (exact) mass is 448 g/mol. The van der Waals surface area contributed by atoms with Crippen molar-refractivity contribution in [2.45, 2.75) is 19.3 Å². The summed E-state index contributed by atoms with van der Waals surface area (Å²) in [7, 11) is 0. The van der Waals surface area contributed by atoms with Crippen LogP contribution in [-0.4, -0.2) is 37.7 Å². The number of nitro benzene ring substituents is 1. The molecule has 1 amide bonds. The number of nitro groups is 1. The lowest BCUT2D eigenvalue weighted by atomic mass is 10.2. The van der Waals surface area contributed by atoms with Gasteiger partial charge >= 0.3 is 5.97 Å². The summed E-state index contributed by atoms with van der Waals surface area (Å²) in [6.07, 6.45) is 2.90. The summed E-state index contributed by atoms with van der Waals surface area (Å²) < 4.78 is 0.465. The van der Waals surface area contributed by atoms with Crippen LogP contribution in [0.3, 0.4) is 0 Å². The standard InChI is InChI=1S/C19H16N2O5S3/c22-17(23)6-1-2-9-20-18(24)16(29-19(20)27)11-14-7-8-15(28-14)12-4-3-5-13(10-12)21(25)26/h3-5,7-8,10-11H,1-2,6,9H2,(H,22,23)/b16-11+. The largest absolute Gasteiger partial charge is 0.481 e. The van der Waals surface area contributed by atoms with Gasteiger partial charge in [-0.15, -0.1) is 11.3 Å². The number of unbranched alkanes of at least 4 members (excludes halogenated alkanes) is 1. The first kappa shape index (κ1) is 21.2. The fraction of sp³-hybridized carbons (Fsp3) is 0.211. The molecule has 7 nitrogen and oxygen atoms in total. The van der Waals surface area contributed by atoms with Crippen LogP contribution in [0.25, 0.3) is 16.5 Å². The first-order valence-electron chi connectivity index (χ1n) is 8.67. The molecule has 1 saturated heterocycles. The number of thioether (sulfide) groups is 1. The van der Waals surface area contributed by atoms with Crippen molar-refractivity contribution >= 4 is 63.3 Å². The van der Waals surface area contributed by atoms with Gasteiger partial charge in [0.15, 0.2) is 0 Å². The number of benzene rings is 1. The van der Waals surface area contributed by atoms with E-state index in [0.717, 1.165) is 15.3 Å². The molecule has 3 rings (SSSR count). The number of hydrogen-bond acceptors (Lipinski definition) is 7. The molecule has 0 saturated carbocycles. The maximum Gasteiger partial charge on any atom is 0.303 e. The second kappa shape index (κ2) is 9.29. The highest BCUT2D eigenvalue weighted by Gasteiger charge is 2.31. The predicted octanol–water partition coefficient (Wildman–Crippen LogP) is 4.78. The van der Waals surface area contributed by atoms with Gasteiger partial charge < -0.3 is 5.11 Å². The van der Waals surface area contributed by atoms with Crippen molar-refractivity contribution < 1.29 is 19.6 Å². The molecular weight excluding hydrogens is 432 g/mol. The van der Waals surface area contributed by atoms with Gasteiger partial charge in [0.25, 0.3) is 11.6 Å². The number of thiocarbonyl (C=S) groups is 1. The number of non-ortho nitro benzene ring substituents is 1. The number of nitrogens with zero attached hydrogens (tertiary/aromatic N) is 2. The fourth-order valence-corrected chi connectivity index (χ4v) is 5.05. The molecule has 1 fully saturated rings. The van der Waals surface area contributed by atoms with Crippen LogP contribution >= 0.6 is 35.3 Å². The zero-order valence-electron chi connectivity index (χ0n) is 15.1. The number of thiophene rings is 1. The normalized spacial score (nSPS) is 15.3. The van der Waals surface area contributed by atoms with E-state index in [1.165, 1.54) is 40.1 Å². The Morgan fingerprint density at radius 3 is 2.79 bits per heavy atom. The summed E-state index contributed by atoms with van der Waals surface area (Å²) >= 11 is 7.94. The number of hydrogen-bond donors (Lipinski definition) is 1. The van der Waals surface area contributed by atoms with Crippen LogP contribution in [0.4, 0.5) is 5.69 Å². The lowest BCUT2D eigenvalue weighted by Gasteiger charge is -2.13. The molecule has 0 radical (unpaired) electrons. The molecule has 1 aromatic heterocycles. The first-order valence-corrected chi connectivity index (χ1v) is 10.7. The quantitative estimate of drug-likeness (QED) is 0.204. The number of rotatable bonds is 8. The summed E-state index contributed by atoms with van der Waals surface area (Å²) in [6.45, 7) is 0.401. The third kappa shape index (κ3) is 5.28. The zero-order chi connectivity index (χ0) is 21.0. The summed E-state index contributed by atoms with van der Waals surface area (Å²) in [5.41, 5.74) is 0.774. The molecule has 1 aliphatic rings. The topological polar surface area (TPSA) is 101 Å². The van der Waals surface area contributed by atoms with E-state index in [1.807, 2.05) is 12.1 Å². The average Bonchev–Trinajstić information content (AvgIpc) is 3.25. The second-order valence-corrected chi connectivity index (χ2v) is 8.98. The lowest BCUT2D eigenvalue weighted by molar-refractivity contribution is -0.384. The maximum absolute atomic E-state index is 12.6. The van der Waals surface area contributed by atoms with E-state index in [0.29, 0.717) is 28.6 Å². The van der Waals surface area contributed by atoms with Crippen molar-refractivity contribution in [2.24, 2.45) is 0 Å². The van der Waals surface area contributed by atoms with Crippen LogP contribution in [0.2, 0.25) is 0 Å². The highest BCUT2D eigenvalue weighted by Crippen LogP contribution is 2.36. The molecule has 1 aromatic carbocycles. The Morgan fingerprint density at radius 1 is 1.28 bits per heavy atom. The third-order valence-corrected chi connectivity index (χ3v) is 6.60. The molecule has 0 aliphatic carbocycles. The van der Waals surface area contributed by atoms with Crippen LogP contribution in [0.1, 0.15) is 24.1 Å². The van der Waals surface area contributed by atoms with Gasteiger partial charge in [0, 0.05) is 34.9 Å². The van der Waals surface area contributed by atoms with Crippen molar-refractivity contribution in [1.82, 2.24) is 4.90 Å². The van der Waals surface area contributed by atoms with E-state index in [-0.39, 0.29) is 18.0 Å². The maximum atomic E-state index is 12.6. The number of carbonyl (C=O) groups is 2. The molecule has 0 atom stereocenters. The zero-order valence-corrected chi connectivity index (χ0v) is 17.5. The number of carboxylic acid groups (broad SMARTS) is 1. The molecular formula is C19H16N2O5S3. The number of amides is 1. The van der Waals surface area contributed by atoms with Crippen molar-refractivity contribution in [3.05, 3.63) is 56.3 Å². The van der Waals surface area contributed by atoms with Crippen LogP contribution in [0.5, 0.6) is 0 Å². The summed E-state index contributed by atoms with van der Waals surface area (Å²) in [5, 5.41) is 19.6. The highest BCUT2D eigenvalue weighted by atomic mass is 32.2. The van der Waals surface area contributed by atoms with E-state index in [1.54, 1.807) is 18.2 Å². The van der Waals surface area contributed by atoms with Crippen molar-refractivity contribution in [3.8, 4) is 10.4 Å². The smallest absolute Gasteiger partial charge is 0.303 e. The minimum atomic E-state index is -0.854. The van der Waals surface area contributed by atoms with Crippen molar-refractivity contribution in [2.75, 3.05) is 6.54 Å². The summed E-state index contributed by atoms with van der Waals surface area (Å²) in [4.78, 5) is 37.4.